The zero-order valence-electron chi connectivity index (χ0n) is 10.0. The van der Waals surface area contributed by atoms with Crippen LogP contribution in [0.15, 0.2) is 24.3 Å². The van der Waals surface area contributed by atoms with E-state index in [-0.39, 0.29) is 0 Å². The molecule has 1 saturated carbocycles. The number of Topliss-reactive ketones (excluding diaryl/α,β-unsaturated/α-hetero) is 1. The molecule has 1 aromatic carbocycles. The lowest BCUT2D eigenvalue weighted by atomic mass is 9.96. The fraction of sp³-hybridized carbons (Fsp3) is 0.533. The van der Waals surface area contributed by atoms with Gasteiger partial charge < -0.3 is 0 Å². The summed E-state index contributed by atoms with van der Waals surface area (Å²) < 4.78 is 0. The van der Waals surface area contributed by atoms with E-state index in [0.29, 0.717) is 11.7 Å². The molecule has 0 spiro atoms. The summed E-state index contributed by atoms with van der Waals surface area (Å²) in [6, 6.07) is 8.10. The topological polar surface area (TPSA) is 17.1 Å². The number of ketones is 1. The molecule has 1 aromatic rings. The van der Waals surface area contributed by atoms with Gasteiger partial charge in [0.2, 0.25) is 0 Å². The maximum absolute atomic E-state index is 12.1. The third kappa shape index (κ3) is 2.72. The molecular formula is C15H20O. The van der Waals surface area contributed by atoms with Gasteiger partial charge >= 0.3 is 0 Å². The summed E-state index contributed by atoms with van der Waals surface area (Å²) in [4.78, 5) is 12.1. The van der Waals surface area contributed by atoms with Crippen LogP contribution in [-0.4, -0.2) is 5.78 Å². The van der Waals surface area contributed by atoms with E-state index in [2.05, 4.69) is 19.1 Å². The van der Waals surface area contributed by atoms with Crippen LogP contribution in [0.3, 0.4) is 0 Å². The number of hydrogen-bond donors (Lipinski definition) is 0. The highest BCUT2D eigenvalue weighted by atomic mass is 16.1. The normalized spacial score (nSPS) is 16.6. The second kappa shape index (κ2) is 5.29. The third-order valence-corrected chi connectivity index (χ3v) is 3.61. The predicted molar refractivity (Wildman–Crippen MR) is 66.7 cm³/mol. The van der Waals surface area contributed by atoms with Crippen LogP contribution in [0, 0.1) is 5.92 Å². The van der Waals surface area contributed by atoms with Gasteiger partial charge in [-0.05, 0) is 24.0 Å². The summed E-state index contributed by atoms with van der Waals surface area (Å²) in [5, 5.41) is 0. The fourth-order valence-corrected chi connectivity index (χ4v) is 2.56. The van der Waals surface area contributed by atoms with E-state index in [4.69, 9.17) is 0 Å². The molecule has 16 heavy (non-hydrogen) atoms. The molecule has 0 aliphatic heterocycles. The maximum Gasteiger partial charge on any atom is 0.163 e. The SMILES string of the molecule is CCc1cccc(C(=O)CC2CCCC2)c1. The molecule has 86 valence electrons. The van der Waals surface area contributed by atoms with Crippen LogP contribution < -0.4 is 0 Å². The molecule has 0 unspecified atom stereocenters. The summed E-state index contributed by atoms with van der Waals surface area (Å²) >= 11 is 0. The first kappa shape index (κ1) is 11.4. The summed E-state index contributed by atoms with van der Waals surface area (Å²) in [5.41, 5.74) is 2.17. The van der Waals surface area contributed by atoms with Crippen LogP contribution in [0.1, 0.15) is 54.9 Å². The molecule has 0 atom stereocenters. The summed E-state index contributed by atoms with van der Waals surface area (Å²) in [7, 11) is 0. The number of hydrogen-bond acceptors (Lipinski definition) is 1. The molecular weight excluding hydrogens is 196 g/mol. The Morgan fingerprint density at radius 3 is 2.75 bits per heavy atom. The molecule has 0 heterocycles. The highest BCUT2D eigenvalue weighted by Crippen LogP contribution is 2.28. The van der Waals surface area contributed by atoms with Crippen LogP contribution >= 0.6 is 0 Å². The Morgan fingerprint density at radius 2 is 2.06 bits per heavy atom. The molecule has 1 fully saturated rings. The Morgan fingerprint density at radius 1 is 1.31 bits per heavy atom. The van der Waals surface area contributed by atoms with Crippen molar-refractivity contribution >= 4 is 5.78 Å². The highest BCUT2D eigenvalue weighted by molar-refractivity contribution is 5.96. The first-order valence-corrected chi connectivity index (χ1v) is 6.41. The molecule has 1 nitrogen and oxygen atoms in total. The summed E-state index contributed by atoms with van der Waals surface area (Å²) in [6.45, 7) is 2.13. The largest absolute Gasteiger partial charge is 0.294 e. The predicted octanol–water partition coefficient (Wildman–Crippen LogP) is 4.01. The average Bonchev–Trinajstić information content (AvgIpc) is 2.82. The molecule has 0 bridgehead atoms. The molecule has 0 radical (unpaired) electrons. The number of aryl methyl sites for hydroxylation is 1. The van der Waals surface area contributed by atoms with Crippen LogP contribution in [0.5, 0.6) is 0 Å². The van der Waals surface area contributed by atoms with Crippen molar-refractivity contribution in [2.75, 3.05) is 0 Å². The molecule has 1 heteroatoms. The second-order valence-corrected chi connectivity index (χ2v) is 4.83. The van der Waals surface area contributed by atoms with Crippen molar-refractivity contribution in [3.63, 3.8) is 0 Å². The number of carbonyl (C=O) groups excluding carboxylic acids is 1. The van der Waals surface area contributed by atoms with Gasteiger partial charge in [-0.3, -0.25) is 4.79 Å². The third-order valence-electron chi connectivity index (χ3n) is 3.61. The molecule has 0 amide bonds. The zero-order valence-corrected chi connectivity index (χ0v) is 10.0. The van der Waals surface area contributed by atoms with Crippen molar-refractivity contribution in [1.29, 1.82) is 0 Å². The quantitative estimate of drug-likeness (QED) is 0.695. The molecule has 2 rings (SSSR count). The van der Waals surface area contributed by atoms with Crippen LogP contribution in [0.2, 0.25) is 0 Å². The van der Waals surface area contributed by atoms with Gasteiger partial charge in [0.25, 0.3) is 0 Å². The first-order valence-electron chi connectivity index (χ1n) is 6.41. The molecule has 1 aliphatic carbocycles. The van der Waals surface area contributed by atoms with E-state index in [0.717, 1.165) is 18.4 Å². The van der Waals surface area contributed by atoms with Crippen molar-refractivity contribution in [1.82, 2.24) is 0 Å². The zero-order chi connectivity index (χ0) is 11.4. The van der Waals surface area contributed by atoms with Gasteiger partial charge in [0.1, 0.15) is 0 Å². The smallest absolute Gasteiger partial charge is 0.163 e. The minimum Gasteiger partial charge on any atom is -0.294 e. The number of rotatable bonds is 4. The van der Waals surface area contributed by atoms with Crippen LogP contribution in [0.25, 0.3) is 0 Å². The van der Waals surface area contributed by atoms with Gasteiger partial charge in [-0.25, -0.2) is 0 Å². The standard InChI is InChI=1S/C15H20O/c1-2-12-8-5-9-14(10-12)15(16)11-13-6-3-4-7-13/h5,8-10,13H,2-4,6-7,11H2,1H3. The van der Waals surface area contributed by atoms with E-state index in [9.17, 15) is 4.79 Å². The van der Waals surface area contributed by atoms with Crippen molar-refractivity contribution < 1.29 is 4.79 Å². The fourth-order valence-electron chi connectivity index (χ4n) is 2.56. The Bertz CT molecular complexity index is 361. The lowest BCUT2D eigenvalue weighted by Gasteiger charge is -2.08. The average molecular weight is 216 g/mol. The summed E-state index contributed by atoms with van der Waals surface area (Å²) in [5.74, 6) is 0.986. The molecule has 0 saturated heterocycles. The van der Waals surface area contributed by atoms with E-state index in [1.807, 2.05) is 12.1 Å². The van der Waals surface area contributed by atoms with Crippen molar-refractivity contribution in [2.45, 2.75) is 45.4 Å². The van der Waals surface area contributed by atoms with Gasteiger partial charge in [-0.1, -0.05) is 50.8 Å². The van der Waals surface area contributed by atoms with E-state index >= 15 is 0 Å². The lowest BCUT2D eigenvalue weighted by molar-refractivity contribution is 0.0962. The van der Waals surface area contributed by atoms with E-state index in [1.165, 1.54) is 31.2 Å². The van der Waals surface area contributed by atoms with Crippen molar-refractivity contribution in [3.8, 4) is 0 Å². The van der Waals surface area contributed by atoms with Crippen LogP contribution in [-0.2, 0) is 6.42 Å². The number of carbonyl (C=O) groups is 1. The Hall–Kier alpha value is -1.11. The van der Waals surface area contributed by atoms with E-state index < -0.39 is 0 Å². The summed E-state index contributed by atoms with van der Waals surface area (Å²) in [6.07, 6.45) is 6.88. The molecule has 1 aliphatic rings. The maximum atomic E-state index is 12.1. The van der Waals surface area contributed by atoms with Gasteiger partial charge in [0, 0.05) is 12.0 Å². The van der Waals surface area contributed by atoms with Crippen molar-refractivity contribution in [2.24, 2.45) is 5.92 Å². The Labute approximate surface area is 97.9 Å². The first-order chi connectivity index (χ1) is 7.79. The minimum atomic E-state index is 0.335. The molecule has 0 aromatic heterocycles. The Kier molecular flexibility index (Phi) is 3.76. The Balaban J connectivity index is 2.01. The van der Waals surface area contributed by atoms with Crippen LogP contribution in [0.4, 0.5) is 0 Å². The molecule has 0 N–H and O–H groups in total. The second-order valence-electron chi connectivity index (χ2n) is 4.83. The van der Waals surface area contributed by atoms with Gasteiger partial charge in [-0.15, -0.1) is 0 Å². The van der Waals surface area contributed by atoms with Gasteiger partial charge in [0.15, 0.2) is 5.78 Å². The lowest BCUT2D eigenvalue weighted by Crippen LogP contribution is -2.06. The highest BCUT2D eigenvalue weighted by Gasteiger charge is 2.19. The minimum absolute atomic E-state index is 0.335. The number of benzene rings is 1. The van der Waals surface area contributed by atoms with E-state index in [1.54, 1.807) is 0 Å². The van der Waals surface area contributed by atoms with Crippen molar-refractivity contribution in [3.05, 3.63) is 35.4 Å². The van der Waals surface area contributed by atoms with Gasteiger partial charge in [-0.2, -0.15) is 0 Å². The van der Waals surface area contributed by atoms with Gasteiger partial charge in [0.05, 0.1) is 0 Å². The monoisotopic (exact) mass is 216 g/mol.